The minimum Gasteiger partial charge on any atom is -0.477 e. The summed E-state index contributed by atoms with van der Waals surface area (Å²) in [5.74, 6) is 1.52. The molecule has 0 amide bonds. The highest BCUT2D eigenvalue weighted by Gasteiger charge is 2.10. The maximum Gasteiger partial charge on any atom is 0.218 e. The number of nitrogens with zero attached hydrogens (tertiary/aromatic N) is 3. The lowest BCUT2D eigenvalue weighted by atomic mass is 10.1. The number of likely N-dealkylation sites (tertiary alicyclic amines) is 1. The standard InChI is InChI=1S/C18H31N5O.HI/c1-3-14-24-17-16(8-7-9-20-17)15-22-18(19-2)21-10-13-23-11-5-4-6-12-23;/h7-9H,3-6,10-15H2,1-2H3,(H2,19,21,22);1H. The van der Waals surface area contributed by atoms with E-state index in [2.05, 4.69) is 32.4 Å². The monoisotopic (exact) mass is 461 g/mol. The van der Waals surface area contributed by atoms with E-state index in [1.54, 1.807) is 13.2 Å². The van der Waals surface area contributed by atoms with Crippen LogP contribution in [0.1, 0.15) is 38.2 Å². The Kier molecular flexibility index (Phi) is 11.6. The van der Waals surface area contributed by atoms with Crippen molar-refractivity contribution in [2.24, 2.45) is 4.99 Å². The van der Waals surface area contributed by atoms with E-state index in [-0.39, 0.29) is 24.0 Å². The summed E-state index contributed by atoms with van der Waals surface area (Å²) in [4.78, 5) is 11.1. The summed E-state index contributed by atoms with van der Waals surface area (Å²) in [6.45, 7) is 7.85. The van der Waals surface area contributed by atoms with Crippen molar-refractivity contribution in [3.63, 3.8) is 0 Å². The van der Waals surface area contributed by atoms with Gasteiger partial charge in [0.05, 0.1) is 6.61 Å². The molecule has 7 heteroatoms. The second-order valence-electron chi connectivity index (χ2n) is 6.07. The topological polar surface area (TPSA) is 61.8 Å². The van der Waals surface area contributed by atoms with Gasteiger partial charge in [-0.25, -0.2) is 4.98 Å². The number of rotatable bonds is 8. The summed E-state index contributed by atoms with van der Waals surface area (Å²) in [6, 6.07) is 3.97. The summed E-state index contributed by atoms with van der Waals surface area (Å²) >= 11 is 0. The maximum atomic E-state index is 5.69. The first kappa shape index (κ1) is 22.0. The van der Waals surface area contributed by atoms with Crippen molar-refractivity contribution in [1.82, 2.24) is 20.5 Å². The lowest BCUT2D eigenvalue weighted by molar-refractivity contribution is 0.232. The number of ether oxygens (including phenoxy) is 1. The molecule has 142 valence electrons. The first-order valence-corrected chi connectivity index (χ1v) is 9.07. The highest BCUT2D eigenvalue weighted by molar-refractivity contribution is 14.0. The molecule has 0 aliphatic carbocycles. The third-order valence-electron chi connectivity index (χ3n) is 4.13. The number of aromatic nitrogens is 1. The normalized spacial score (nSPS) is 15.4. The molecular weight excluding hydrogens is 429 g/mol. The van der Waals surface area contributed by atoms with Gasteiger partial charge in [0.2, 0.25) is 5.88 Å². The summed E-state index contributed by atoms with van der Waals surface area (Å²) in [5.41, 5.74) is 1.05. The van der Waals surface area contributed by atoms with Crippen LogP contribution in [-0.2, 0) is 6.54 Å². The van der Waals surface area contributed by atoms with Gasteiger partial charge < -0.3 is 20.3 Å². The van der Waals surface area contributed by atoms with Gasteiger partial charge in [-0.3, -0.25) is 4.99 Å². The minimum absolute atomic E-state index is 0. The van der Waals surface area contributed by atoms with E-state index in [1.807, 2.05) is 12.1 Å². The van der Waals surface area contributed by atoms with Crippen molar-refractivity contribution in [2.45, 2.75) is 39.2 Å². The molecule has 25 heavy (non-hydrogen) atoms. The number of aliphatic imine (C=N–C) groups is 1. The lowest BCUT2D eigenvalue weighted by Crippen LogP contribution is -2.42. The molecule has 2 rings (SSSR count). The molecule has 1 fully saturated rings. The second-order valence-corrected chi connectivity index (χ2v) is 6.07. The quantitative estimate of drug-likeness (QED) is 0.354. The molecular formula is C18H32IN5O. The Balaban J connectivity index is 0.00000312. The summed E-state index contributed by atoms with van der Waals surface area (Å²) < 4.78 is 5.69. The van der Waals surface area contributed by atoms with Gasteiger partial charge in [0.1, 0.15) is 0 Å². The smallest absolute Gasteiger partial charge is 0.218 e. The predicted molar refractivity (Wildman–Crippen MR) is 114 cm³/mol. The molecule has 0 saturated carbocycles. The molecule has 0 radical (unpaired) electrons. The van der Waals surface area contributed by atoms with Crippen molar-refractivity contribution < 1.29 is 4.74 Å². The fourth-order valence-corrected chi connectivity index (χ4v) is 2.80. The molecule has 1 aromatic heterocycles. The van der Waals surface area contributed by atoms with Gasteiger partial charge in [0.25, 0.3) is 0 Å². The highest BCUT2D eigenvalue weighted by atomic mass is 127. The van der Waals surface area contributed by atoms with Crippen molar-refractivity contribution in [2.75, 3.05) is 39.8 Å². The molecule has 0 unspecified atom stereocenters. The third-order valence-corrected chi connectivity index (χ3v) is 4.13. The van der Waals surface area contributed by atoms with E-state index in [4.69, 9.17) is 4.74 Å². The Hall–Kier alpha value is -1.09. The van der Waals surface area contributed by atoms with Crippen molar-refractivity contribution in [3.05, 3.63) is 23.9 Å². The van der Waals surface area contributed by atoms with Crippen LogP contribution in [0.3, 0.4) is 0 Å². The Labute approximate surface area is 168 Å². The van der Waals surface area contributed by atoms with Gasteiger partial charge in [-0.1, -0.05) is 19.4 Å². The summed E-state index contributed by atoms with van der Waals surface area (Å²) in [7, 11) is 1.80. The van der Waals surface area contributed by atoms with E-state index < -0.39 is 0 Å². The Morgan fingerprint density at radius 1 is 1.28 bits per heavy atom. The molecule has 1 saturated heterocycles. The van der Waals surface area contributed by atoms with Crippen LogP contribution in [0.2, 0.25) is 0 Å². The zero-order valence-corrected chi connectivity index (χ0v) is 17.8. The van der Waals surface area contributed by atoms with Gasteiger partial charge in [-0.2, -0.15) is 0 Å². The fourth-order valence-electron chi connectivity index (χ4n) is 2.80. The van der Waals surface area contributed by atoms with E-state index in [1.165, 1.54) is 32.4 Å². The molecule has 1 aliphatic heterocycles. The van der Waals surface area contributed by atoms with E-state index >= 15 is 0 Å². The van der Waals surface area contributed by atoms with Crippen LogP contribution in [0.4, 0.5) is 0 Å². The Bertz CT molecular complexity index is 506. The van der Waals surface area contributed by atoms with Crippen LogP contribution < -0.4 is 15.4 Å². The predicted octanol–water partition coefficient (Wildman–Crippen LogP) is 2.64. The minimum atomic E-state index is 0. The summed E-state index contributed by atoms with van der Waals surface area (Å²) in [5, 5.41) is 6.73. The molecule has 1 aliphatic rings. The molecule has 0 bridgehead atoms. The van der Waals surface area contributed by atoms with Crippen LogP contribution in [-0.4, -0.2) is 55.7 Å². The van der Waals surface area contributed by atoms with Crippen molar-refractivity contribution >= 4 is 29.9 Å². The Morgan fingerprint density at radius 3 is 2.80 bits per heavy atom. The Morgan fingerprint density at radius 2 is 2.08 bits per heavy atom. The highest BCUT2D eigenvalue weighted by Crippen LogP contribution is 2.14. The second kappa shape index (κ2) is 13.2. The van der Waals surface area contributed by atoms with Gasteiger partial charge in [-0.05, 0) is 38.4 Å². The molecule has 6 nitrogen and oxygen atoms in total. The molecule has 0 atom stereocenters. The van der Waals surface area contributed by atoms with E-state index in [0.29, 0.717) is 19.0 Å². The number of pyridine rings is 1. The molecule has 0 spiro atoms. The maximum absolute atomic E-state index is 5.69. The number of halogens is 1. The van der Waals surface area contributed by atoms with E-state index in [0.717, 1.165) is 31.0 Å². The lowest BCUT2D eigenvalue weighted by Gasteiger charge is -2.26. The van der Waals surface area contributed by atoms with Gasteiger partial charge in [0, 0.05) is 38.4 Å². The number of guanidine groups is 1. The SMILES string of the molecule is CCCOc1ncccc1CNC(=NC)NCCN1CCCCC1.I. The molecule has 2 heterocycles. The van der Waals surface area contributed by atoms with Crippen LogP contribution in [0, 0.1) is 0 Å². The first-order valence-electron chi connectivity index (χ1n) is 9.07. The van der Waals surface area contributed by atoms with Crippen LogP contribution in [0.15, 0.2) is 23.3 Å². The van der Waals surface area contributed by atoms with E-state index in [9.17, 15) is 0 Å². The van der Waals surface area contributed by atoms with Crippen LogP contribution in [0.5, 0.6) is 5.88 Å². The molecule has 2 N–H and O–H groups in total. The average Bonchev–Trinajstić information content (AvgIpc) is 2.64. The fraction of sp³-hybridized carbons (Fsp3) is 0.667. The zero-order valence-electron chi connectivity index (χ0n) is 15.5. The number of nitrogens with one attached hydrogen (secondary N) is 2. The van der Waals surface area contributed by atoms with Gasteiger partial charge in [-0.15, -0.1) is 24.0 Å². The van der Waals surface area contributed by atoms with Gasteiger partial charge in [0.15, 0.2) is 5.96 Å². The average molecular weight is 461 g/mol. The van der Waals surface area contributed by atoms with Crippen LogP contribution in [0.25, 0.3) is 0 Å². The van der Waals surface area contributed by atoms with Crippen molar-refractivity contribution in [1.29, 1.82) is 0 Å². The molecule has 1 aromatic rings. The van der Waals surface area contributed by atoms with Crippen LogP contribution >= 0.6 is 24.0 Å². The number of piperidine rings is 1. The number of hydrogen-bond donors (Lipinski definition) is 2. The largest absolute Gasteiger partial charge is 0.477 e. The third kappa shape index (κ3) is 8.22. The number of hydrogen-bond acceptors (Lipinski definition) is 4. The van der Waals surface area contributed by atoms with Gasteiger partial charge >= 0.3 is 0 Å². The zero-order chi connectivity index (χ0) is 17.0. The first-order chi connectivity index (χ1) is 11.8. The summed E-state index contributed by atoms with van der Waals surface area (Å²) in [6.07, 6.45) is 6.77. The molecule has 0 aromatic carbocycles. The van der Waals surface area contributed by atoms with Crippen molar-refractivity contribution in [3.8, 4) is 5.88 Å².